The summed E-state index contributed by atoms with van der Waals surface area (Å²) in [5.74, 6) is 1.15. The summed E-state index contributed by atoms with van der Waals surface area (Å²) in [5.41, 5.74) is 1.30. The first-order valence-corrected chi connectivity index (χ1v) is 5.62. The highest BCUT2D eigenvalue weighted by Gasteiger charge is 2.19. The summed E-state index contributed by atoms with van der Waals surface area (Å²) in [6.07, 6.45) is 1.87. The summed E-state index contributed by atoms with van der Waals surface area (Å²) < 4.78 is 0. The molecule has 0 radical (unpaired) electrons. The predicted molar refractivity (Wildman–Crippen MR) is 57.4 cm³/mol. The minimum Gasteiger partial charge on any atom is -0.366 e. The van der Waals surface area contributed by atoms with E-state index >= 15 is 0 Å². The summed E-state index contributed by atoms with van der Waals surface area (Å²) in [4.78, 5) is 6.79. The molecule has 0 bridgehead atoms. The lowest BCUT2D eigenvalue weighted by atomic mass is 10.2. The maximum atomic E-state index is 4.37. The van der Waals surface area contributed by atoms with Crippen molar-refractivity contribution in [2.75, 3.05) is 17.2 Å². The second-order valence-corrected chi connectivity index (χ2v) is 4.55. The van der Waals surface area contributed by atoms with E-state index in [4.69, 9.17) is 0 Å². The largest absolute Gasteiger partial charge is 0.366 e. The van der Waals surface area contributed by atoms with E-state index in [9.17, 15) is 0 Å². The van der Waals surface area contributed by atoms with E-state index in [0.717, 1.165) is 12.3 Å². The van der Waals surface area contributed by atoms with Crippen LogP contribution in [0.1, 0.15) is 13.8 Å². The second kappa shape index (κ2) is 3.58. The molecule has 0 atom stereocenters. The second-order valence-electron chi connectivity index (χ2n) is 3.46. The minimum atomic E-state index is 0.573. The van der Waals surface area contributed by atoms with E-state index in [1.165, 1.54) is 10.7 Å². The maximum absolute atomic E-state index is 4.37. The average Bonchev–Trinajstić information content (AvgIpc) is 2.17. The first kappa shape index (κ1) is 8.88. The van der Waals surface area contributed by atoms with Gasteiger partial charge in [-0.3, -0.25) is 0 Å². The average molecular weight is 194 g/mol. The van der Waals surface area contributed by atoms with Gasteiger partial charge in [0.2, 0.25) is 0 Å². The van der Waals surface area contributed by atoms with Crippen molar-refractivity contribution >= 4 is 17.4 Å². The zero-order chi connectivity index (χ0) is 9.26. The van der Waals surface area contributed by atoms with Crippen molar-refractivity contribution in [3.05, 3.63) is 18.3 Å². The summed E-state index contributed by atoms with van der Waals surface area (Å²) in [5, 5.41) is 1.18. The molecule has 0 saturated heterocycles. The molecule has 2 rings (SSSR count). The van der Waals surface area contributed by atoms with Gasteiger partial charge in [-0.05, 0) is 26.0 Å². The summed E-state index contributed by atoms with van der Waals surface area (Å²) in [7, 11) is 0. The molecule has 0 aromatic carbocycles. The van der Waals surface area contributed by atoms with Crippen LogP contribution in [0, 0.1) is 0 Å². The zero-order valence-electron chi connectivity index (χ0n) is 8.03. The molecule has 0 spiro atoms. The van der Waals surface area contributed by atoms with Gasteiger partial charge >= 0.3 is 0 Å². The summed E-state index contributed by atoms with van der Waals surface area (Å²) in [6.45, 7) is 5.60. The van der Waals surface area contributed by atoms with Gasteiger partial charge in [0.15, 0.2) is 0 Å². The van der Waals surface area contributed by atoms with Gasteiger partial charge in [0.05, 0.1) is 5.69 Å². The fraction of sp³-hybridized carbons (Fsp3) is 0.500. The van der Waals surface area contributed by atoms with Crippen molar-refractivity contribution in [3.8, 4) is 0 Å². The molecule has 0 saturated carbocycles. The van der Waals surface area contributed by atoms with Gasteiger partial charge in [-0.2, -0.15) is 0 Å². The minimum absolute atomic E-state index is 0.573. The quantitative estimate of drug-likeness (QED) is 0.683. The highest BCUT2D eigenvalue weighted by Crippen LogP contribution is 2.33. The molecule has 1 aliphatic rings. The third kappa shape index (κ3) is 1.66. The molecule has 0 N–H and O–H groups in total. The van der Waals surface area contributed by atoms with Gasteiger partial charge in [-0.1, -0.05) is 0 Å². The van der Waals surface area contributed by atoms with Gasteiger partial charge in [0.1, 0.15) is 5.03 Å². The Hall–Kier alpha value is -0.700. The topological polar surface area (TPSA) is 16.1 Å². The number of aromatic nitrogens is 1. The smallest absolute Gasteiger partial charge is 0.119 e. The van der Waals surface area contributed by atoms with Gasteiger partial charge in [0.25, 0.3) is 0 Å². The van der Waals surface area contributed by atoms with Crippen LogP contribution in [0.2, 0.25) is 0 Å². The van der Waals surface area contributed by atoms with E-state index in [0.29, 0.717) is 6.04 Å². The van der Waals surface area contributed by atoms with Crippen LogP contribution in [0.25, 0.3) is 0 Å². The van der Waals surface area contributed by atoms with Gasteiger partial charge in [-0.25, -0.2) is 4.98 Å². The number of hydrogen-bond donors (Lipinski definition) is 0. The van der Waals surface area contributed by atoms with Crippen LogP contribution in [0.3, 0.4) is 0 Å². The molecule has 13 heavy (non-hydrogen) atoms. The number of anilines is 1. The Morgan fingerprint density at radius 2 is 2.38 bits per heavy atom. The number of rotatable bonds is 1. The summed E-state index contributed by atoms with van der Waals surface area (Å²) in [6, 6.07) is 4.75. The first-order valence-electron chi connectivity index (χ1n) is 4.63. The number of thioether (sulfide) groups is 1. The lowest BCUT2D eigenvalue weighted by Crippen LogP contribution is -2.35. The maximum Gasteiger partial charge on any atom is 0.119 e. The van der Waals surface area contributed by atoms with Crippen molar-refractivity contribution in [1.29, 1.82) is 0 Å². The molecule has 1 aromatic rings. The van der Waals surface area contributed by atoms with Crippen LogP contribution in [0.15, 0.2) is 23.4 Å². The standard InChI is InChI=1S/C10H14N2S/c1-8(2)12-6-7-13-10-9(12)4-3-5-11-10/h3-5,8H,6-7H2,1-2H3. The third-order valence-electron chi connectivity index (χ3n) is 2.25. The van der Waals surface area contributed by atoms with Crippen molar-refractivity contribution in [2.24, 2.45) is 0 Å². The molecule has 0 aliphatic carbocycles. The molecule has 70 valence electrons. The number of fused-ring (bicyclic) bond motifs is 1. The Kier molecular flexibility index (Phi) is 2.44. The molecule has 0 fully saturated rings. The van der Waals surface area contributed by atoms with E-state index < -0.39 is 0 Å². The van der Waals surface area contributed by atoms with Gasteiger partial charge < -0.3 is 4.90 Å². The Morgan fingerprint density at radius 3 is 3.15 bits per heavy atom. The Balaban J connectivity index is 2.37. The van der Waals surface area contributed by atoms with Crippen LogP contribution >= 0.6 is 11.8 Å². The lowest BCUT2D eigenvalue weighted by molar-refractivity contribution is 0.690. The SMILES string of the molecule is CC(C)N1CCSc2ncccc21. The third-order valence-corrected chi connectivity index (χ3v) is 3.23. The van der Waals surface area contributed by atoms with Crippen molar-refractivity contribution < 1.29 is 0 Å². The Bertz CT molecular complexity index is 299. The number of nitrogens with zero attached hydrogens (tertiary/aromatic N) is 2. The fourth-order valence-electron chi connectivity index (χ4n) is 1.61. The number of hydrogen-bond acceptors (Lipinski definition) is 3. The van der Waals surface area contributed by atoms with E-state index in [1.807, 2.05) is 24.0 Å². The summed E-state index contributed by atoms with van der Waals surface area (Å²) >= 11 is 1.86. The molecule has 0 unspecified atom stereocenters. The molecule has 1 aromatic heterocycles. The van der Waals surface area contributed by atoms with Crippen molar-refractivity contribution in [2.45, 2.75) is 24.9 Å². The highest BCUT2D eigenvalue weighted by atomic mass is 32.2. The monoisotopic (exact) mass is 194 g/mol. The highest BCUT2D eigenvalue weighted by molar-refractivity contribution is 7.99. The van der Waals surface area contributed by atoms with Crippen molar-refractivity contribution in [1.82, 2.24) is 4.98 Å². The van der Waals surface area contributed by atoms with E-state index in [-0.39, 0.29) is 0 Å². The molecular weight excluding hydrogens is 180 g/mol. The fourth-order valence-corrected chi connectivity index (χ4v) is 2.56. The Labute approximate surface area is 83.4 Å². The zero-order valence-corrected chi connectivity index (χ0v) is 8.84. The van der Waals surface area contributed by atoms with Gasteiger partial charge in [0, 0.05) is 24.5 Å². The molecule has 2 nitrogen and oxygen atoms in total. The van der Waals surface area contributed by atoms with Gasteiger partial charge in [-0.15, -0.1) is 11.8 Å². The Morgan fingerprint density at radius 1 is 1.54 bits per heavy atom. The predicted octanol–water partition coefficient (Wildman–Crippen LogP) is 2.40. The van der Waals surface area contributed by atoms with Crippen LogP contribution in [-0.2, 0) is 0 Å². The molecule has 3 heteroatoms. The van der Waals surface area contributed by atoms with Crippen molar-refractivity contribution in [3.63, 3.8) is 0 Å². The molecular formula is C10H14N2S. The molecule has 1 aliphatic heterocycles. The van der Waals surface area contributed by atoms with Crippen LogP contribution in [0.5, 0.6) is 0 Å². The van der Waals surface area contributed by atoms with Crippen LogP contribution < -0.4 is 4.90 Å². The van der Waals surface area contributed by atoms with Crippen LogP contribution in [0.4, 0.5) is 5.69 Å². The molecule has 2 heterocycles. The molecule has 0 amide bonds. The first-order chi connectivity index (χ1) is 6.29. The van der Waals surface area contributed by atoms with E-state index in [1.54, 1.807) is 0 Å². The lowest BCUT2D eigenvalue weighted by Gasteiger charge is -2.33. The normalized spacial score (nSPS) is 16.1. The van der Waals surface area contributed by atoms with E-state index in [2.05, 4.69) is 29.8 Å². The van der Waals surface area contributed by atoms with Crippen LogP contribution in [-0.4, -0.2) is 23.3 Å². The number of pyridine rings is 1.